The second kappa shape index (κ2) is 11.7. The third kappa shape index (κ3) is 5.67. The van der Waals surface area contributed by atoms with E-state index in [1.54, 1.807) is 31.2 Å². The summed E-state index contributed by atoms with van der Waals surface area (Å²) in [5.41, 5.74) is 2.34. The minimum absolute atomic E-state index is 0.103. The Hall–Kier alpha value is -3.86. The highest BCUT2D eigenvalue weighted by atomic mass is 32.2. The molecule has 196 valence electrons. The Kier molecular flexibility index (Phi) is 8.35. The van der Waals surface area contributed by atoms with Crippen molar-refractivity contribution in [2.75, 3.05) is 13.7 Å². The molecule has 0 saturated heterocycles. The number of sulfonamides is 1. The van der Waals surface area contributed by atoms with Crippen LogP contribution in [-0.4, -0.2) is 42.8 Å². The molecule has 1 amide bonds. The predicted molar refractivity (Wildman–Crippen MR) is 147 cm³/mol. The van der Waals surface area contributed by atoms with E-state index in [9.17, 15) is 18.0 Å². The lowest BCUT2D eigenvalue weighted by atomic mass is 10.2. The molecule has 0 aliphatic heterocycles. The zero-order valence-electron chi connectivity index (χ0n) is 21.0. The Bertz CT molecular complexity index is 1650. The van der Waals surface area contributed by atoms with Gasteiger partial charge in [-0.3, -0.25) is 4.79 Å². The SMILES string of the molecule is C=CCn1c(=NC(=O)c2ccc(S(=O)(=O)N(CC)Cc3ccccc3)cc2)sc2cc(C(=O)OC)ccc21. The number of carbonyl (C=O) groups excluding carboxylic acids is 2. The number of amides is 1. The number of ether oxygens (including phenoxy) is 1. The van der Waals surface area contributed by atoms with Gasteiger partial charge in [0.2, 0.25) is 10.0 Å². The molecule has 1 aromatic heterocycles. The van der Waals surface area contributed by atoms with Crippen LogP contribution in [0.25, 0.3) is 10.2 Å². The van der Waals surface area contributed by atoms with Crippen molar-refractivity contribution in [3.05, 3.63) is 107 Å². The van der Waals surface area contributed by atoms with Gasteiger partial charge < -0.3 is 9.30 Å². The van der Waals surface area contributed by atoms with Crippen LogP contribution in [-0.2, 0) is 27.8 Å². The molecular weight excluding hydrogens is 522 g/mol. The van der Waals surface area contributed by atoms with Crippen molar-refractivity contribution >= 4 is 43.5 Å². The molecule has 0 fully saturated rings. The molecule has 0 bridgehead atoms. The third-order valence-electron chi connectivity index (χ3n) is 5.91. The molecule has 1 heterocycles. The molecule has 8 nitrogen and oxygen atoms in total. The Balaban J connectivity index is 1.63. The highest BCUT2D eigenvalue weighted by Crippen LogP contribution is 2.21. The zero-order valence-corrected chi connectivity index (χ0v) is 22.7. The number of aromatic nitrogens is 1. The van der Waals surface area contributed by atoms with Gasteiger partial charge in [0.05, 0.1) is 27.8 Å². The van der Waals surface area contributed by atoms with Crippen LogP contribution in [0.3, 0.4) is 0 Å². The second-order valence-electron chi connectivity index (χ2n) is 8.32. The van der Waals surface area contributed by atoms with Crippen molar-refractivity contribution in [2.45, 2.75) is 24.9 Å². The van der Waals surface area contributed by atoms with Crippen LogP contribution >= 0.6 is 11.3 Å². The van der Waals surface area contributed by atoms with E-state index in [1.165, 1.54) is 47.0 Å². The van der Waals surface area contributed by atoms with Crippen molar-refractivity contribution in [3.8, 4) is 0 Å². The molecule has 0 unspecified atom stereocenters. The number of fused-ring (bicyclic) bond motifs is 1. The lowest BCUT2D eigenvalue weighted by molar-refractivity contribution is 0.0600. The van der Waals surface area contributed by atoms with E-state index >= 15 is 0 Å². The van der Waals surface area contributed by atoms with Crippen LogP contribution in [0, 0.1) is 0 Å². The third-order valence-corrected chi connectivity index (χ3v) is 8.88. The van der Waals surface area contributed by atoms with E-state index in [2.05, 4.69) is 11.6 Å². The standard InChI is InChI=1S/C28H27N3O5S2/c1-4-17-31-24-16-13-22(27(33)36-3)18-25(24)37-28(31)29-26(32)21-11-14-23(15-12-21)38(34,35)30(5-2)19-20-9-7-6-8-10-20/h4,6-16,18H,1,5,17,19H2,2-3H3. The molecular formula is C28H27N3O5S2. The summed E-state index contributed by atoms with van der Waals surface area (Å²) in [5, 5.41) is 0. The largest absolute Gasteiger partial charge is 0.465 e. The summed E-state index contributed by atoms with van der Waals surface area (Å²) < 4.78 is 35.2. The minimum Gasteiger partial charge on any atom is -0.465 e. The fourth-order valence-corrected chi connectivity index (χ4v) is 6.45. The van der Waals surface area contributed by atoms with Crippen LogP contribution in [0.15, 0.2) is 95.3 Å². The maximum absolute atomic E-state index is 13.2. The van der Waals surface area contributed by atoms with Gasteiger partial charge in [-0.05, 0) is 48.0 Å². The average Bonchev–Trinajstić information content (AvgIpc) is 3.27. The van der Waals surface area contributed by atoms with Gasteiger partial charge in [0.1, 0.15) is 0 Å². The average molecular weight is 550 g/mol. The highest BCUT2D eigenvalue weighted by Gasteiger charge is 2.23. The van der Waals surface area contributed by atoms with Crippen molar-refractivity contribution in [1.29, 1.82) is 0 Å². The lowest BCUT2D eigenvalue weighted by Gasteiger charge is -2.20. The molecule has 0 radical (unpaired) electrons. The number of allylic oxidation sites excluding steroid dienone is 1. The van der Waals surface area contributed by atoms with Gasteiger partial charge >= 0.3 is 5.97 Å². The maximum atomic E-state index is 13.2. The van der Waals surface area contributed by atoms with E-state index in [1.807, 2.05) is 34.9 Å². The lowest BCUT2D eigenvalue weighted by Crippen LogP contribution is -2.30. The first-order valence-electron chi connectivity index (χ1n) is 11.8. The number of rotatable bonds is 9. The number of carbonyl (C=O) groups is 2. The molecule has 0 aliphatic carbocycles. The quantitative estimate of drug-likeness (QED) is 0.224. The van der Waals surface area contributed by atoms with Crippen molar-refractivity contribution < 1.29 is 22.7 Å². The van der Waals surface area contributed by atoms with Crippen LogP contribution in [0.2, 0.25) is 0 Å². The van der Waals surface area contributed by atoms with Crippen LogP contribution in [0.1, 0.15) is 33.2 Å². The predicted octanol–water partition coefficient (Wildman–Crippen LogP) is 4.63. The van der Waals surface area contributed by atoms with E-state index in [4.69, 9.17) is 4.74 Å². The summed E-state index contributed by atoms with van der Waals surface area (Å²) >= 11 is 1.26. The number of thiazole rings is 1. The fourth-order valence-electron chi connectivity index (χ4n) is 3.93. The first-order chi connectivity index (χ1) is 18.3. The second-order valence-corrected chi connectivity index (χ2v) is 11.3. The van der Waals surface area contributed by atoms with E-state index in [0.29, 0.717) is 23.5 Å². The molecule has 0 saturated carbocycles. The number of hydrogen-bond acceptors (Lipinski definition) is 6. The summed E-state index contributed by atoms with van der Waals surface area (Å²) in [4.78, 5) is 29.8. The molecule has 3 aromatic carbocycles. The number of esters is 1. The molecule has 0 N–H and O–H groups in total. The molecule has 0 spiro atoms. The van der Waals surface area contributed by atoms with E-state index in [0.717, 1.165) is 15.8 Å². The van der Waals surface area contributed by atoms with E-state index in [-0.39, 0.29) is 17.0 Å². The number of methoxy groups -OCH3 is 1. The summed E-state index contributed by atoms with van der Waals surface area (Å²) in [6.45, 7) is 6.54. The first kappa shape index (κ1) is 27.2. The normalized spacial score (nSPS) is 12.1. The van der Waals surface area contributed by atoms with E-state index < -0.39 is 21.9 Å². The smallest absolute Gasteiger partial charge is 0.337 e. The number of nitrogens with zero attached hydrogens (tertiary/aromatic N) is 3. The van der Waals surface area contributed by atoms with Gasteiger partial charge in [-0.1, -0.05) is 54.7 Å². The molecule has 10 heteroatoms. The summed E-state index contributed by atoms with van der Waals surface area (Å²) in [5.74, 6) is -0.964. The highest BCUT2D eigenvalue weighted by molar-refractivity contribution is 7.89. The Morgan fingerprint density at radius 2 is 1.74 bits per heavy atom. The molecule has 4 rings (SSSR count). The molecule has 4 aromatic rings. The Morgan fingerprint density at radius 1 is 1.05 bits per heavy atom. The van der Waals surface area contributed by atoms with Gasteiger partial charge in [-0.25, -0.2) is 13.2 Å². The first-order valence-corrected chi connectivity index (χ1v) is 14.1. The van der Waals surface area contributed by atoms with Gasteiger partial charge in [0, 0.05) is 25.2 Å². The molecule has 0 atom stereocenters. The number of hydrogen-bond donors (Lipinski definition) is 0. The van der Waals surface area contributed by atoms with Crippen LogP contribution in [0.4, 0.5) is 0 Å². The van der Waals surface area contributed by atoms with Gasteiger partial charge in [-0.2, -0.15) is 9.30 Å². The van der Waals surface area contributed by atoms with Crippen molar-refractivity contribution in [3.63, 3.8) is 0 Å². The monoisotopic (exact) mass is 549 g/mol. The van der Waals surface area contributed by atoms with Gasteiger partial charge in [0.25, 0.3) is 5.91 Å². The van der Waals surface area contributed by atoms with Crippen molar-refractivity contribution in [2.24, 2.45) is 4.99 Å². The summed E-state index contributed by atoms with van der Waals surface area (Å²) in [6, 6.07) is 20.3. The molecule has 0 aliphatic rings. The van der Waals surface area contributed by atoms with Gasteiger partial charge in [0.15, 0.2) is 4.80 Å². The Labute approximate surface area is 225 Å². The minimum atomic E-state index is -3.75. The fraction of sp³-hybridized carbons (Fsp3) is 0.179. The topological polar surface area (TPSA) is 98.0 Å². The number of benzene rings is 3. The summed E-state index contributed by atoms with van der Waals surface area (Å²) in [7, 11) is -2.44. The van der Waals surface area contributed by atoms with Crippen LogP contribution < -0.4 is 4.80 Å². The summed E-state index contributed by atoms with van der Waals surface area (Å²) in [6.07, 6.45) is 1.69. The Morgan fingerprint density at radius 3 is 2.37 bits per heavy atom. The van der Waals surface area contributed by atoms with Crippen LogP contribution in [0.5, 0.6) is 0 Å². The molecule has 38 heavy (non-hydrogen) atoms. The van der Waals surface area contributed by atoms with Crippen molar-refractivity contribution in [1.82, 2.24) is 8.87 Å². The maximum Gasteiger partial charge on any atom is 0.337 e. The zero-order chi connectivity index (χ0) is 27.3. The van der Waals surface area contributed by atoms with Gasteiger partial charge in [-0.15, -0.1) is 6.58 Å².